The predicted octanol–water partition coefficient (Wildman–Crippen LogP) is 8.74. The van der Waals surface area contributed by atoms with Crippen LogP contribution in [0.1, 0.15) is 156 Å². The Morgan fingerprint density at radius 3 is 1.68 bits per heavy atom. The molecular formula is C43H77O12P. The number of phosphoric acid groups is 1. The molecule has 5 N–H and O–H groups in total. The summed E-state index contributed by atoms with van der Waals surface area (Å²) >= 11 is 0. The Labute approximate surface area is 338 Å². The van der Waals surface area contributed by atoms with Crippen molar-refractivity contribution in [2.75, 3.05) is 26.4 Å². The number of carbonyl (C=O) groups excluding carboxylic acids is 2. The molecule has 0 fully saturated rings. The van der Waals surface area contributed by atoms with Gasteiger partial charge in [0.25, 0.3) is 0 Å². The van der Waals surface area contributed by atoms with Crippen LogP contribution in [0.2, 0.25) is 0 Å². The van der Waals surface area contributed by atoms with Gasteiger partial charge in [-0.2, -0.15) is 0 Å². The summed E-state index contributed by atoms with van der Waals surface area (Å²) in [5.74, 6) is -0.368. The highest BCUT2D eigenvalue weighted by molar-refractivity contribution is 7.47. The maximum absolute atomic E-state index is 12.6. The van der Waals surface area contributed by atoms with Gasteiger partial charge in [-0.3, -0.25) is 18.6 Å². The Kier molecular flexibility index (Phi) is 35.7. The molecular weight excluding hydrogens is 739 g/mol. The van der Waals surface area contributed by atoms with Crippen molar-refractivity contribution in [2.45, 2.75) is 180 Å². The maximum Gasteiger partial charge on any atom is 0.472 e. The lowest BCUT2D eigenvalue weighted by molar-refractivity contribution is -0.161. The number of rotatable bonds is 38. The second-order valence-electron chi connectivity index (χ2n) is 14.9. The highest BCUT2D eigenvalue weighted by Gasteiger charge is 2.27. The second-order valence-corrected chi connectivity index (χ2v) is 16.4. The van der Waals surface area contributed by atoms with Crippen molar-refractivity contribution in [3.63, 3.8) is 0 Å². The average Bonchev–Trinajstić information content (AvgIpc) is 3.16. The molecule has 0 aliphatic heterocycles. The Bertz CT molecular complexity index is 1120. The number of aliphatic hydroxyl groups is 4. The number of carbonyl (C=O) groups is 2. The van der Waals surface area contributed by atoms with E-state index in [2.05, 4.69) is 25.3 Å². The normalized spacial score (nSPS) is 15.6. The largest absolute Gasteiger partial charge is 0.472 e. The standard InChI is InChI=1S/C43H77O12P/c1-4-5-20-27-38(45)28-22-17-13-11-14-18-23-29-39(46)30-25-32-43(49)55-41(36-54-56(50,51)53-34-40(47)33-44)35-52-42(48)31-24-19-15-10-8-6-7-9-12-16-21-26-37(2)3/h13-14,17-18,22-23,28-29,37-41,44-47H,4-12,15-16,19-21,24-27,30-36H2,1-3H3,(H,50,51)/b17-13-,18-14-,28-22+,29-23+/t38-,39-,40+,41-/m1/s1. The molecule has 0 amide bonds. The van der Waals surface area contributed by atoms with E-state index in [1.807, 2.05) is 30.4 Å². The zero-order chi connectivity index (χ0) is 41.7. The highest BCUT2D eigenvalue weighted by atomic mass is 31.2. The van der Waals surface area contributed by atoms with Crippen molar-refractivity contribution in [2.24, 2.45) is 5.92 Å². The van der Waals surface area contributed by atoms with Crippen LogP contribution in [0.25, 0.3) is 0 Å². The first-order valence-electron chi connectivity index (χ1n) is 21.2. The van der Waals surface area contributed by atoms with Gasteiger partial charge >= 0.3 is 19.8 Å². The van der Waals surface area contributed by atoms with Gasteiger partial charge in [0, 0.05) is 12.8 Å². The number of unbranched alkanes of at least 4 members (excludes halogenated alkanes) is 12. The topological polar surface area (TPSA) is 189 Å². The number of hydrogen-bond acceptors (Lipinski definition) is 11. The van der Waals surface area contributed by atoms with E-state index in [0.29, 0.717) is 19.3 Å². The molecule has 0 bridgehead atoms. The van der Waals surface area contributed by atoms with Crippen LogP contribution in [0.4, 0.5) is 0 Å². The first-order chi connectivity index (χ1) is 26.9. The van der Waals surface area contributed by atoms with Gasteiger partial charge < -0.3 is 34.8 Å². The third-order valence-electron chi connectivity index (χ3n) is 8.87. The van der Waals surface area contributed by atoms with Crippen molar-refractivity contribution in [1.82, 2.24) is 0 Å². The van der Waals surface area contributed by atoms with Gasteiger partial charge in [0.2, 0.25) is 0 Å². The predicted molar refractivity (Wildman–Crippen MR) is 222 cm³/mol. The first-order valence-corrected chi connectivity index (χ1v) is 22.7. The summed E-state index contributed by atoms with van der Waals surface area (Å²) in [5.41, 5.74) is 0. The number of allylic oxidation sites excluding steroid dienone is 6. The molecule has 0 heterocycles. The minimum Gasteiger partial charge on any atom is -0.462 e. The lowest BCUT2D eigenvalue weighted by Gasteiger charge is -2.20. The molecule has 326 valence electrons. The molecule has 0 aromatic carbocycles. The highest BCUT2D eigenvalue weighted by Crippen LogP contribution is 2.43. The van der Waals surface area contributed by atoms with Crippen LogP contribution in [0.15, 0.2) is 48.6 Å². The summed E-state index contributed by atoms with van der Waals surface area (Å²) in [5, 5.41) is 38.5. The molecule has 0 saturated carbocycles. The smallest absolute Gasteiger partial charge is 0.462 e. The van der Waals surface area contributed by atoms with Gasteiger partial charge in [0.05, 0.1) is 32.0 Å². The molecule has 13 heteroatoms. The molecule has 5 atom stereocenters. The Balaban J connectivity index is 4.57. The van der Waals surface area contributed by atoms with E-state index in [4.69, 9.17) is 19.1 Å². The zero-order valence-corrected chi connectivity index (χ0v) is 35.6. The van der Waals surface area contributed by atoms with Gasteiger partial charge in [0.1, 0.15) is 12.7 Å². The van der Waals surface area contributed by atoms with E-state index in [0.717, 1.165) is 50.9 Å². The maximum atomic E-state index is 12.6. The van der Waals surface area contributed by atoms with Gasteiger partial charge in [-0.25, -0.2) is 4.57 Å². The lowest BCUT2D eigenvalue weighted by atomic mass is 10.0. The monoisotopic (exact) mass is 817 g/mol. The minimum absolute atomic E-state index is 0.0644. The summed E-state index contributed by atoms with van der Waals surface area (Å²) in [6.45, 7) is 4.31. The number of hydrogen-bond donors (Lipinski definition) is 5. The molecule has 12 nitrogen and oxygen atoms in total. The molecule has 56 heavy (non-hydrogen) atoms. The number of aliphatic hydroxyl groups excluding tert-OH is 4. The van der Waals surface area contributed by atoms with Crippen LogP contribution in [0.3, 0.4) is 0 Å². The lowest BCUT2D eigenvalue weighted by Crippen LogP contribution is -2.30. The molecule has 0 saturated heterocycles. The van der Waals surface area contributed by atoms with Crippen molar-refractivity contribution >= 4 is 19.8 Å². The van der Waals surface area contributed by atoms with E-state index in [1.54, 1.807) is 18.2 Å². The Morgan fingerprint density at radius 2 is 1.12 bits per heavy atom. The molecule has 0 aromatic heterocycles. The van der Waals surface area contributed by atoms with Crippen LogP contribution in [-0.4, -0.2) is 88.1 Å². The SMILES string of the molecule is CCCCC[C@@H](O)/C=C/C=C\C/C=C\C=C\[C@@H](O)CCCC(=O)O[C@H](COC(=O)CCCCCCCCCCCCCC(C)C)COP(=O)(O)OC[C@@H](O)CO. The van der Waals surface area contributed by atoms with E-state index in [1.165, 1.54) is 51.4 Å². The van der Waals surface area contributed by atoms with Crippen molar-refractivity contribution < 1.29 is 58.0 Å². The van der Waals surface area contributed by atoms with E-state index < -0.39 is 70.6 Å². The summed E-state index contributed by atoms with van der Waals surface area (Å²) < 4.78 is 32.5. The molecule has 0 rings (SSSR count). The minimum atomic E-state index is -4.68. The Morgan fingerprint density at radius 1 is 0.625 bits per heavy atom. The van der Waals surface area contributed by atoms with Crippen LogP contribution in [-0.2, 0) is 32.7 Å². The molecule has 0 aliphatic carbocycles. The third-order valence-corrected chi connectivity index (χ3v) is 9.82. The van der Waals surface area contributed by atoms with E-state index in [9.17, 15) is 34.4 Å². The molecule has 0 spiro atoms. The summed E-state index contributed by atoms with van der Waals surface area (Å²) in [7, 11) is -4.68. The van der Waals surface area contributed by atoms with E-state index in [-0.39, 0.29) is 19.3 Å². The fraction of sp³-hybridized carbons (Fsp3) is 0.767. The van der Waals surface area contributed by atoms with E-state index >= 15 is 0 Å². The summed E-state index contributed by atoms with van der Waals surface area (Å²) in [4.78, 5) is 35.0. The van der Waals surface area contributed by atoms with Gasteiger partial charge in [0.15, 0.2) is 6.10 Å². The van der Waals surface area contributed by atoms with Crippen LogP contribution in [0.5, 0.6) is 0 Å². The fourth-order valence-electron chi connectivity index (χ4n) is 5.51. The molecule has 0 aliphatic rings. The second kappa shape index (κ2) is 37.1. The Hall–Kier alpha value is -2.15. The molecule has 1 unspecified atom stereocenters. The van der Waals surface area contributed by atoms with Crippen molar-refractivity contribution in [3.05, 3.63) is 48.6 Å². The number of phosphoric ester groups is 1. The molecule has 0 radical (unpaired) electrons. The van der Waals surface area contributed by atoms with Crippen LogP contribution in [0, 0.1) is 5.92 Å². The number of esters is 2. The number of ether oxygens (including phenoxy) is 2. The molecule has 0 aromatic rings. The van der Waals surface area contributed by atoms with Gasteiger partial charge in [-0.1, -0.05) is 159 Å². The van der Waals surface area contributed by atoms with Crippen molar-refractivity contribution in [3.8, 4) is 0 Å². The van der Waals surface area contributed by atoms with Crippen LogP contribution < -0.4 is 0 Å². The summed E-state index contributed by atoms with van der Waals surface area (Å²) in [6.07, 6.45) is 30.1. The van der Waals surface area contributed by atoms with Crippen LogP contribution >= 0.6 is 7.82 Å². The fourth-order valence-corrected chi connectivity index (χ4v) is 6.30. The zero-order valence-electron chi connectivity index (χ0n) is 34.7. The third kappa shape index (κ3) is 37.4. The quantitative estimate of drug-likeness (QED) is 0.0173. The van der Waals surface area contributed by atoms with Gasteiger partial charge in [-0.05, 0) is 38.0 Å². The average molecular weight is 817 g/mol. The van der Waals surface area contributed by atoms with Gasteiger partial charge in [-0.15, -0.1) is 0 Å². The van der Waals surface area contributed by atoms with Crippen molar-refractivity contribution in [1.29, 1.82) is 0 Å². The first kappa shape index (κ1) is 53.9. The summed E-state index contributed by atoms with van der Waals surface area (Å²) in [6, 6.07) is 0.